The predicted octanol–water partition coefficient (Wildman–Crippen LogP) is 0.660. The Bertz CT molecular complexity index is 195. The lowest BCUT2D eigenvalue weighted by molar-refractivity contribution is -0.00115. The molecule has 0 saturated heterocycles. The normalized spacial score (nSPS) is 11.4. The van der Waals surface area contributed by atoms with Gasteiger partial charge in [0.1, 0.15) is 0 Å². The van der Waals surface area contributed by atoms with Gasteiger partial charge >= 0.3 is 0 Å². The summed E-state index contributed by atoms with van der Waals surface area (Å²) in [6.45, 7) is 14.2. The Balaban J connectivity index is 2.93. The van der Waals surface area contributed by atoms with Crippen molar-refractivity contribution in [3.05, 3.63) is 0 Å². The van der Waals surface area contributed by atoms with Crippen LogP contribution in [0.15, 0.2) is 0 Å². The molecule has 0 aliphatic carbocycles. The fourth-order valence-corrected chi connectivity index (χ4v) is 1.50. The van der Waals surface area contributed by atoms with Gasteiger partial charge in [-0.25, -0.2) is 0 Å². The fraction of sp³-hybridized carbons (Fsp3) is 1.00. The van der Waals surface area contributed by atoms with Crippen molar-refractivity contribution in [3.8, 4) is 0 Å². The molecule has 6 nitrogen and oxygen atoms in total. The predicted molar refractivity (Wildman–Crippen MR) is 85.0 cm³/mol. The highest BCUT2D eigenvalue weighted by Crippen LogP contribution is 1.83. The Morgan fingerprint density at radius 2 is 1.10 bits per heavy atom. The van der Waals surface area contributed by atoms with Crippen LogP contribution >= 0.6 is 0 Å². The summed E-state index contributed by atoms with van der Waals surface area (Å²) in [6, 6.07) is 0.508. The Morgan fingerprint density at radius 1 is 0.667 bits per heavy atom. The van der Waals surface area contributed by atoms with Crippen LogP contribution in [-0.2, 0) is 18.9 Å². The van der Waals surface area contributed by atoms with E-state index in [1.807, 2.05) is 0 Å². The molecule has 0 unspecified atom stereocenters. The summed E-state index contributed by atoms with van der Waals surface area (Å²) in [5.41, 5.74) is 0. The highest BCUT2D eigenvalue weighted by molar-refractivity contribution is 4.50. The van der Waals surface area contributed by atoms with E-state index in [-0.39, 0.29) is 0 Å². The Morgan fingerprint density at radius 3 is 1.52 bits per heavy atom. The molecule has 0 saturated carbocycles. The number of hydrogen-bond acceptors (Lipinski definition) is 6. The maximum Gasteiger partial charge on any atom is 0.0701 e. The molecule has 0 amide bonds. The van der Waals surface area contributed by atoms with Crippen molar-refractivity contribution in [1.82, 2.24) is 10.6 Å². The first-order valence-electron chi connectivity index (χ1n) is 8.02. The molecule has 0 aromatic carbocycles. The number of nitrogens with one attached hydrogen (secondary N) is 2. The Hall–Kier alpha value is -0.240. The maximum absolute atomic E-state index is 5.42. The van der Waals surface area contributed by atoms with Gasteiger partial charge in [-0.05, 0) is 6.54 Å². The molecule has 2 N–H and O–H groups in total. The van der Waals surface area contributed by atoms with Crippen molar-refractivity contribution >= 4 is 0 Å². The number of hydrogen-bond donors (Lipinski definition) is 2. The van der Waals surface area contributed by atoms with Crippen LogP contribution < -0.4 is 10.6 Å². The van der Waals surface area contributed by atoms with Crippen LogP contribution in [0, 0.1) is 0 Å². The van der Waals surface area contributed by atoms with Gasteiger partial charge in [0.25, 0.3) is 0 Å². The van der Waals surface area contributed by atoms with Crippen LogP contribution in [0.1, 0.15) is 20.8 Å². The van der Waals surface area contributed by atoms with Gasteiger partial charge in [0.15, 0.2) is 0 Å². The molecule has 0 rings (SSSR count). The molecule has 0 spiro atoms. The quantitative estimate of drug-likeness (QED) is 0.385. The zero-order valence-electron chi connectivity index (χ0n) is 14.0. The summed E-state index contributed by atoms with van der Waals surface area (Å²) >= 11 is 0. The third-order valence-electron chi connectivity index (χ3n) is 2.59. The van der Waals surface area contributed by atoms with Gasteiger partial charge in [-0.3, -0.25) is 0 Å². The molecule has 0 radical (unpaired) electrons. The molecular weight excluding hydrogens is 272 g/mol. The van der Waals surface area contributed by atoms with E-state index in [0.717, 1.165) is 32.8 Å². The standard InChI is InChI=1S/C15H34N2O4/c1-4-16-5-7-18-9-11-20-13-14-21-12-10-19-8-6-17-15(2)3/h15-17H,4-14H2,1-3H3. The molecule has 0 aromatic rings. The summed E-state index contributed by atoms with van der Waals surface area (Å²) in [6.07, 6.45) is 0. The molecular formula is C15H34N2O4. The van der Waals surface area contributed by atoms with E-state index in [1.165, 1.54) is 0 Å². The SMILES string of the molecule is CCNCCOCCOCCOCCOCCNC(C)C. The zero-order valence-corrected chi connectivity index (χ0v) is 14.0. The largest absolute Gasteiger partial charge is 0.378 e. The number of likely N-dealkylation sites (N-methyl/N-ethyl adjacent to an activating group) is 1. The van der Waals surface area contributed by atoms with Gasteiger partial charge in [0.2, 0.25) is 0 Å². The summed E-state index contributed by atoms with van der Waals surface area (Å²) < 4.78 is 21.6. The average Bonchev–Trinajstić information content (AvgIpc) is 2.46. The second-order valence-electron chi connectivity index (χ2n) is 4.91. The topological polar surface area (TPSA) is 61.0 Å². The van der Waals surface area contributed by atoms with Crippen LogP contribution in [0.2, 0.25) is 0 Å². The molecule has 0 heterocycles. The molecule has 6 heteroatoms. The van der Waals surface area contributed by atoms with E-state index in [2.05, 4.69) is 31.4 Å². The molecule has 21 heavy (non-hydrogen) atoms. The summed E-state index contributed by atoms with van der Waals surface area (Å²) in [5.74, 6) is 0. The summed E-state index contributed by atoms with van der Waals surface area (Å²) in [7, 11) is 0. The molecule has 128 valence electrons. The van der Waals surface area contributed by atoms with E-state index in [0.29, 0.717) is 45.7 Å². The minimum absolute atomic E-state index is 0.508. The molecule has 0 fully saturated rings. The minimum atomic E-state index is 0.508. The van der Waals surface area contributed by atoms with Crippen molar-refractivity contribution in [3.63, 3.8) is 0 Å². The lowest BCUT2D eigenvalue weighted by atomic mass is 10.4. The van der Waals surface area contributed by atoms with Gasteiger partial charge in [0, 0.05) is 19.1 Å². The van der Waals surface area contributed by atoms with Gasteiger partial charge in [-0.1, -0.05) is 20.8 Å². The lowest BCUT2D eigenvalue weighted by Gasteiger charge is -2.09. The van der Waals surface area contributed by atoms with Crippen molar-refractivity contribution in [2.24, 2.45) is 0 Å². The smallest absolute Gasteiger partial charge is 0.0701 e. The third kappa shape index (κ3) is 19.8. The minimum Gasteiger partial charge on any atom is -0.378 e. The summed E-state index contributed by atoms with van der Waals surface area (Å²) in [5, 5.41) is 6.49. The van der Waals surface area contributed by atoms with Crippen molar-refractivity contribution in [2.45, 2.75) is 26.8 Å². The Kier molecular flexibility index (Phi) is 17.6. The molecule has 0 aliphatic heterocycles. The van der Waals surface area contributed by atoms with E-state index < -0.39 is 0 Å². The highest BCUT2D eigenvalue weighted by Gasteiger charge is 1.94. The molecule has 0 aliphatic rings. The molecule has 0 bridgehead atoms. The van der Waals surface area contributed by atoms with Crippen LogP contribution in [0.5, 0.6) is 0 Å². The average molecular weight is 306 g/mol. The van der Waals surface area contributed by atoms with E-state index in [1.54, 1.807) is 0 Å². The van der Waals surface area contributed by atoms with Gasteiger partial charge in [-0.2, -0.15) is 0 Å². The Labute approximate surface area is 129 Å². The highest BCUT2D eigenvalue weighted by atomic mass is 16.6. The number of ether oxygens (including phenoxy) is 4. The van der Waals surface area contributed by atoms with Gasteiger partial charge in [0.05, 0.1) is 52.9 Å². The fourth-order valence-electron chi connectivity index (χ4n) is 1.50. The monoisotopic (exact) mass is 306 g/mol. The maximum atomic E-state index is 5.42. The van der Waals surface area contributed by atoms with Gasteiger partial charge in [-0.15, -0.1) is 0 Å². The van der Waals surface area contributed by atoms with Gasteiger partial charge < -0.3 is 29.6 Å². The van der Waals surface area contributed by atoms with E-state index in [9.17, 15) is 0 Å². The molecule has 0 aromatic heterocycles. The van der Waals surface area contributed by atoms with Crippen molar-refractivity contribution in [1.29, 1.82) is 0 Å². The van der Waals surface area contributed by atoms with Crippen molar-refractivity contribution in [2.75, 3.05) is 72.5 Å². The first-order valence-corrected chi connectivity index (χ1v) is 8.02. The third-order valence-corrected chi connectivity index (χ3v) is 2.59. The first kappa shape index (κ1) is 20.8. The zero-order chi connectivity index (χ0) is 15.6. The van der Waals surface area contributed by atoms with Crippen LogP contribution in [0.3, 0.4) is 0 Å². The first-order chi connectivity index (χ1) is 10.3. The van der Waals surface area contributed by atoms with Crippen molar-refractivity contribution < 1.29 is 18.9 Å². The van der Waals surface area contributed by atoms with Crippen LogP contribution in [-0.4, -0.2) is 78.5 Å². The van der Waals surface area contributed by atoms with E-state index in [4.69, 9.17) is 18.9 Å². The van der Waals surface area contributed by atoms with E-state index >= 15 is 0 Å². The summed E-state index contributed by atoms with van der Waals surface area (Å²) in [4.78, 5) is 0. The lowest BCUT2D eigenvalue weighted by Crippen LogP contribution is -2.27. The number of rotatable bonds is 17. The van der Waals surface area contributed by atoms with Crippen LogP contribution in [0.25, 0.3) is 0 Å². The molecule has 0 atom stereocenters. The second-order valence-corrected chi connectivity index (χ2v) is 4.91. The second kappa shape index (κ2) is 17.8. The van der Waals surface area contributed by atoms with Crippen LogP contribution in [0.4, 0.5) is 0 Å².